The van der Waals surface area contributed by atoms with E-state index in [9.17, 15) is 9.59 Å². The molecule has 7 nitrogen and oxygen atoms in total. The first-order valence-corrected chi connectivity index (χ1v) is 8.86. The number of nitrogens with one attached hydrogen (secondary N) is 1. The van der Waals surface area contributed by atoms with Gasteiger partial charge in [0.05, 0.1) is 11.6 Å². The lowest BCUT2D eigenvalue weighted by Crippen LogP contribution is -2.43. The Morgan fingerprint density at radius 3 is 2.62 bits per heavy atom. The van der Waals surface area contributed by atoms with Gasteiger partial charge in [-0.1, -0.05) is 25.1 Å². The topological polar surface area (TPSA) is 76.5 Å². The lowest BCUT2D eigenvalue weighted by atomic mass is 10.1. The summed E-state index contributed by atoms with van der Waals surface area (Å²) < 4.78 is 7.04. The van der Waals surface area contributed by atoms with Crippen LogP contribution in [0.25, 0.3) is 10.9 Å². The molecule has 1 aromatic heterocycles. The molecule has 0 spiro atoms. The highest BCUT2D eigenvalue weighted by Gasteiger charge is 2.36. The lowest BCUT2D eigenvalue weighted by Gasteiger charge is -2.23. The molecule has 0 bridgehead atoms. The zero-order valence-electron chi connectivity index (χ0n) is 15.9. The van der Waals surface area contributed by atoms with Gasteiger partial charge in [-0.2, -0.15) is 5.10 Å². The van der Waals surface area contributed by atoms with Crippen LogP contribution < -0.4 is 5.32 Å². The maximum atomic E-state index is 13.0. The van der Waals surface area contributed by atoms with Crippen molar-refractivity contribution in [2.45, 2.75) is 39.3 Å². The number of rotatable bonds is 2. The summed E-state index contributed by atoms with van der Waals surface area (Å²) in [5.41, 5.74) is 0.827. The first kappa shape index (κ1) is 18.2. The zero-order chi connectivity index (χ0) is 19.1. The molecule has 26 heavy (non-hydrogen) atoms. The summed E-state index contributed by atoms with van der Waals surface area (Å²) in [5, 5.41) is 8.13. The molecular weight excluding hydrogens is 332 g/mol. The van der Waals surface area contributed by atoms with Gasteiger partial charge in [0.15, 0.2) is 5.69 Å². The van der Waals surface area contributed by atoms with E-state index in [0.29, 0.717) is 18.8 Å². The average molecular weight is 358 g/mol. The lowest BCUT2D eigenvalue weighted by molar-refractivity contribution is 0.0494. The minimum absolute atomic E-state index is 0.109. The van der Waals surface area contributed by atoms with Crippen molar-refractivity contribution in [1.29, 1.82) is 0 Å². The molecule has 0 aliphatic carbocycles. The molecule has 1 saturated heterocycles. The largest absolute Gasteiger partial charge is 0.444 e. The van der Waals surface area contributed by atoms with E-state index in [1.807, 2.05) is 59.0 Å². The number of carbonyl (C=O) groups is 2. The summed E-state index contributed by atoms with van der Waals surface area (Å²) in [7, 11) is 1.83. The molecule has 2 aromatic rings. The fourth-order valence-corrected chi connectivity index (χ4v) is 3.30. The Morgan fingerprint density at radius 1 is 1.23 bits per heavy atom. The van der Waals surface area contributed by atoms with E-state index in [1.54, 1.807) is 9.58 Å². The number of para-hydroxylation sites is 1. The Bertz CT molecular complexity index is 837. The third kappa shape index (κ3) is 3.66. The molecule has 2 atom stereocenters. The van der Waals surface area contributed by atoms with Crippen molar-refractivity contribution in [2.24, 2.45) is 13.0 Å². The van der Waals surface area contributed by atoms with E-state index < -0.39 is 11.7 Å². The first-order chi connectivity index (χ1) is 12.2. The number of nitrogens with zero attached hydrogens (tertiary/aromatic N) is 3. The highest BCUT2D eigenvalue weighted by molar-refractivity contribution is 6.05. The normalized spacial score (nSPS) is 20.4. The predicted molar refractivity (Wildman–Crippen MR) is 98.9 cm³/mol. The zero-order valence-corrected chi connectivity index (χ0v) is 15.9. The fraction of sp³-hybridized carbons (Fsp3) is 0.526. The van der Waals surface area contributed by atoms with Gasteiger partial charge >= 0.3 is 6.09 Å². The summed E-state index contributed by atoms with van der Waals surface area (Å²) in [6.45, 7) is 8.52. The Kier molecular flexibility index (Phi) is 4.64. The van der Waals surface area contributed by atoms with Crippen LogP contribution in [0.5, 0.6) is 0 Å². The third-order valence-electron chi connectivity index (χ3n) is 4.56. The van der Waals surface area contributed by atoms with E-state index in [4.69, 9.17) is 4.74 Å². The van der Waals surface area contributed by atoms with Crippen LogP contribution in [0.15, 0.2) is 24.3 Å². The number of likely N-dealkylation sites (tertiary alicyclic amines) is 1. The summed E-state index contributed by atoms with van der Waals surface area (Å²) in [4.78, 5) is 26.8. The molecule has 1 aliphatic rings. The summed E-state index contributed by atoms with van der Waals surface area (Å²) >= 11 is 0. The Balaban J connectivity index is 1.72. The Hall–Kier alpha value is -2.57. The monoisotopic (exact) mass is 358 g/mol. The Labute approximate surface area is 153 Å². The van der Waals surface area contributed by atoms with Crippen LogP contribution in [0.4, 0.5) is 4.79 Å². The van der Waals surface area contributed by atoms with Crippen LogP contribution >= 0.6 is 0 Å². The van der Waals surface area contributed by atoms with E-state index in [-0.39, 0.29) is 17.9 Å². The molecule has 1 fully saturated rings. The van der Waals surface area contributed by atoms with Gasteiger partial charge in [0.25, 0.3) is 5.91 Å². The third-order valence-corrected chi connectivity index (χ3v) is 4.56. The van der Waals surface area contributed by atoms with E-state index in [0.717, 1.165) is 10.9 Å². The van der Waals surface area contributed by atoms with Crippen LogP contribution in [0, 0.1) is 5.92 Å². The fourth-order valence-electron chi connectivity index (χ4n) is 3.30. The minimum Gasteiger partial charge on any atom is -0.444 e. The second-order valence-corrected chi connectivity index (χ2v) is 7.93. The number of carbonyl (C=O) groups excluding carboxylic acids is 2. The van der Waals surface area contributed by atoms with Crippen LogP contribution in [-0.2, 0) is 11.8 Å². The molecule has 1 aromatic carbocycles. The van der Waals surface area contributed by atoms with Crippen LogP contribution in [0.1, 0.15) is 38.2 Å². The number of hydrogen-bond acceptors (Lipinski definition) is 4. The maximum absolute atomic E-state index is 13.0. The standard InChI is InChI=1S/C19H26N4O3/c1-12-10-23(11-14(12)20-18(25)26-19(2,3)4)17(24)16-13-8-6-7-9-15(13)22(5)21-16/h6-9,12,14H,10-11H2,1-5H3,(H,20,25)/t12-,14+/m0/s1. The van der Waals surface area contributed by atoms with Gasteiger partial charge in [-0.05, 0) is 32.8 Å². The quantitative estimate of drug-likeness (QED) is 0.895. The highest BCUT2D eigenvalue weighted by atomic mass is 16.6. The van der Waals surface area contributed by atoms with Crippen molar-refractivity contribution in [1.82, 2.24) is 20.0 Å². The molecule has 7 heteroatoms. The summed E-state index contributed by atoms with van der Waals surface area (Å²) in [5.74, 6) is 0.0311. The van der Waals surface area contributed by atoms with Gasteiger partial charge in [-0.25, -0.2) is 4.79 Å². The number of fused-ring (bicyclic) bond motifs is 1. The Morgan fingerprint density at radius 2 is 1.92 bits per heavy atom. The van der Waals surface area contributed by atoms with Crippen LogP contribution in [0.2, 0.25) is 0 Å². The van der Waals surface area contributed by atoms with E-state index >= 15 is 0 Å². The van der Waals surface area contributed by atoms with Crippen LogP contribution in [0.3, 0.4) is 0 Å². The number of aryl methyl sites for hydroxylation is 1. The number of aromatic nitrogens is 2. The molecule has 2 heterocycles. The van der Waals surface area contributed by atoms with Crippen molar-refractivity contribution < 1.29 is 14.3 Å². The van der Waals surface area contributed by atoms with E-state index in [2.05, 4.69) is 10.4 Å². The maximum Gasteiger partial charge on any atom is 0.407 e. The molecular formula is C19H26N4O3. The van der Waals surface area contributed by atoms with Crippen molar-refractivity contribution in [3.63, 3.8) is 0 Å². The molecule has 1 aliphatic heterocycles. The van der Waals surface area contributed by atoms with Crippen molar-refractivity contribution in [2.75, 3.05) is 13.1 Å². The van der Waals surface area contributed by atoms with Gasteiger partial charge in [0.1, 0.15) is 5.60 Å². The van der Waals surface area contributed by atoms with Crippen molar-refractivity contribution in [3.05, 3.63) is 30.0 Å². The van der Waals surface area contributed by atoms with E-state index in [1.165, 1.54) is 0 Å². The molecule has 0 radical (unpaired) electrons. The second-order valence-electron chi connectivity index (χ2n) is 7.93. The number of alkyl carbamates (subject to hydrolysis) is 1. The molecule has 140 valence electrons. The smallest absolute Gasteiger partial charge is 0.407 e. The molecule has 0 saturated carbocycles. The SMILES string of the molecule is C[C@H]1CN(C(=O)c2nn(C)c3ccccc23)C[C@H]1NC(=O)OC(C)(C)C. The van der Waals surface area contributed by atoms with Crippen molar-refractivity contribution in [3.8, 4) is 0 Å². The van der Waals surface area contributed by atoms with Crippen LogP contribution in [-0.4, -0.2) is 51.4 Å². The highest BCUT2D eigenvalue weighted by Crippen LogP contribution is 2.23. The first-order valence-electron chi connectivity index (χ1n) is 8.86. The second kappa shape index (κ2) is 6.63. The number of ether oxygens (including phenoxy) is 1. The van der Waals surface area contributed by atoms with Gasteiger partial charge in [-0.15, -0.1) is 0 Å². The summed E-state index contributed by atoms with van der Waals surface area (Å²) in [6, 6.07) is 7.55. The van der Waals surface area contributed by atoms with Gasteiger partial charge in [0, 0.05) is 25.5 Å². The number of amides is 2. The number of benzene rings is 1. The van der Waals surface area contributed by atoms with Gasteiger partial charge in [-0.3, -0.25) is 9.48 Å². The summed E-state index contributed by atoms with van der Waals surface area (Å²) in [6.07, 6.45) is -0.452. The van der Waals surface area contributed by atoms with Crippen molar-refractivity contribution >= 4 is 22.9 Å². The average Bonchev–Trinajstić information content (AvgIpc) is 3.06. The van der Waals surface area contributed by atoms with Gasteiger partial charge in [0.2, 0.25) is 0 Å². The number of hydrogen-bond donors (Lipinski definition) is 1. The van der Waals surface area contributed by atoms with Gasteiger partial charge < -0.3 is 15.0 Å². The molecule has 0 unspecified atom stereocenters. The molecule has 2 amide bonds. The molecule has 3 rings (SSSR count). The predicted octanol–water partition coefficient (Wildman–Crippen LogP) is 2.56. The minimum atomic E-state index is -0.547. The molecule has 1 N–H and O–H groups in total.